The van der Waals surface area contributed by atoms with Gasteiger partial charge in [0.1, 0.15) is 11.4 Å². The maximum Gasteiger partial charge on any atom is 0.337 e. The van der Waals surface area contributed by atoms with Crippen LogP contribution in [0.1, 0.15) is 28.8 Å². The first-order valence-electron chi connectivity index (χ1n) is 7.01. The highest BCUT2D eigenvalue weighted by Crippen LogP contribution is 2.31. The predicted octanol–water partition coefficient (Wildman–Crippen LogP) is 2.60. The molecule has 8 nitrogen and oxygen atoms in total. The highest BCUT2D eigenvalue weighted by Gasteiger charge is 2.18. The number of amides is 1. The van der Waals surface area contributed by atoms with Gasteiger partial charge in [-0.1, -0.05) is 12.1 Å². The van der Waals surface area contributed by atoms with Crippen molar-refractivity contribution in [2.75, 3.05) is 0 Å². The summed E-state index contributed by atoms with van der Waals surface area (Å²) in [6, 6.07) is 10.6. The van der Waals surface area contributed by atoms with Crippen molar-refractivity contribution < 1.29 is 19.8 Å². The van der Waals surface area contributed by atoms with E-state index in [1.165, 1.54) is 30.3 Å². The van der Waals surface area contributed by atoms with Gasteiger partial charge in [-0.15, -0.1) is 5.11 Å². The van der Waals surface area contributed by atoms with Crippen LogP contribution in [-0.2, 0) is 4.79 Å². The summed E-state index contributed by atoms with van der Waals surface area (Å²) in [5.41, 5.74) is 2.94. The van der Waals surface area contributed by atoms with Crippen molar-refractivity contribution in [2.24, 2.45) is 16.1 Å². The number of nitrogens with two attached hydrogens (primary N) is 1. The summed E-state index contributed by atoms with van der Waals surface area (Å²) in [6.07, 6.45) is 0. The van der Waals surface area contributed by atoms with Crippen LogP contribution in [-0.4, -0.2) is 22.1 Å². The number of benzene rings is 2. The molecule has 1 unspecified atom stereocenters. The number of nitrogens with zero attached hydrogens (tertiary/aromatic N) is 2. The van der Waals surface area contributed by atoms with E-state index in [1.807, 2.05) is 5.43 Å². The molecule has 124 valence electrons. The summed E-state index contributed by atoms with van der Waals surface area (Å²) in [5, 5.41) is 26.9. The molecule has 0 bridgehead atoms. The molecule has 2 aromatic rings. The standard InChI is InChI=1S/C16H16N4O4/c1-9(15(22)18-17)12-8-10(6-7-14(12)21)19-20-13-5-3-2-4-11(13)16(23)24/h2-9,21H,17H2,1H3,(H,18,22)(H,23,24). The number of carbonyl (C=O) groups excluding carboxylic acids is 1. The summed E-state index contributed by atoms with van der Waals surface area (Å²) in [5.74, 6) is 2.77. The van der Waals surface area contributed by atoms with Gasteiger partial charge in [-0.2, -0.15) is 5.11 Å². The largest absolute Gasteiger partial charge is 0.508 e. The lowest BCUT2D eigenvalue weighted by molar-refractivity contribution is -0.122. The maximum atomic E-state index is 11.6. The number of hydrogen-bond donors (Lipinski definition) is 4. The lowest BCUT2D eigenvalue weighted by atomic mass is 9.99. The Bertz CT molecular complexity index is 804. The van der Waals surface area contributed by atoms with Crippen LogP contribution in [0.5, 0.6) is 5.75 Å². The minimum atomic E-state index is -1.11. The van der Waals surface area contributed by atoms with Crippen LogP contribution < -0.4 is 11.3 Å². The number of nitrogens with one attached hydrogen (secondary N) is 1. The van der Waals surface area contributed by atoms with E-state index in [0.29, 0.717) is 11.3 Å². The third-order valence-electron chi connectivity index (χ3n) is 3.42. The zero-order valence-corrected chi connectivity index (χ0v) is 12.8. The van der Waals surface area contributed by atoms with Crippen molar-refractivity contribution in [1.82, 2.24) is 5.43 Å². The Balaban J connectivity index is 2.34. The lowest BCUT2D eigenvalue weighted by Gasteiger charge is -2.12. The minimum Gasteiger partial charge on any atom is -0.508 e. The third kappa shape index (κ3) is 3.73. The molecule has 0 saturated carbocycles. The van der Waals surface area contributed by atoms with Crippen LogP contribution in [0.25, 0.3) is 0 Å². The molecule has 0 spiro atoms. The number of carbonyl (C=O) groups is 2. The molecule has 0 aliphatic heterocycles. The average molecular weight is 328 g/mol. The molecule has 0 aliphatic rings. The molecule has 1 amide bonds. The molecular formula is C16H16N4O4. The van der Waals surface area contributed by atoms with Gasteiger partial charge in [0.2, 0.25) is 5.91 Å². The van der Waals surface area contributed by atoms with Crippen LogP contribution in [0.4, 0.5) is 11.4 Å². The van der Waals surface area contributed by atoms with Crippen LogP contribution >= 0.6 is 0 Å². The molecule has 2 rings (SSSR count). The van der Waals surface area contributed by atoms with Crippen molar-refractivity contribution in [2.45, 2.75) is 12.8 Å². The fraction of sp³-hybridized carbons (Fsp3) is 0.125. The second kappa shape index (κ2) is 7.34. The van der Waals surface area contributed by atoms with E-state index in [-0.39, 0.29) is 17.0 Å². The predicted molar refractivity (Wildman–Crippen MR) is 86.4 cm³/mol. The van der Waals surface area contributed by atoms with Crippen molar-refractivity contribution >= 4 is 23.3 Å². The number of carboxylic acid groups (broad SMARTS) is 1. The van der Waals surface area contributed by atoms with Crippen molar-refractivity contribution in [3.05, 3.63) is 53.6 Å². The smallest absolute Gasteiger partial charge is 0.337 e. The van der Waals surface area contributed by atoms with Crippen LogP contribution in [0, 0.1) is 0 Å². The molecule has 5 N–H and O–H groups in total. The highest BCUT2D eigenvalue weighted by atomic mass is 16.4. The molecule has 2 aromatic carbocycles. The normalized spacial score (nSPS) is 12.1. The molecule has 8 heteroatoms. The van der Waals surface area contributed by atoms with Gasteiger partial charge in [0, 0.05) is 5.56 Å². The average Bonchev–Trinajstić information content (AvgIpc) is 2.59. The maximum absolute atomic E-state index is 11.6. The summed E-state index contributed by atoms with van der Waals surface area (Å²) >= 11 is 0. The van der Waals surface area contributed by atoms with Gasteiger partial charge in [0.05, 0.1) is 17.2 Å². The molecule has 0 aliphatic carbocycles. The van der Waals surface area contributed by atoms with Gasteiger partial charge in [0.25, 0.3) is 0 Å². The number of rotatable bonds is 5. The first-order chi connectivity index (χ1) is 11.4. The summed E-state index contributed by atoms with van der Waals surface area (Å²) < 4.78 is 0. The molecule has 0 aromatic heterocycles. The van der Waals surface area contributed by atoms with Crippen molar-refractivity contribution in [3.8, 4) is 5.75 Å². The van der Waals surface area contributed by atoms with Gasteiger partial charge in [-0.3, -0.25) is 10.2 Å². The van der Waals surface area contributed by atoms with Crippen LogP contribution in [0.3, 0.4) is 0 Å². The summed E-state index contributed by atoms with van der Waals surface area (Å²) in [6.45, 7) is 1.58. The fourth-order valence-corrected chi connectivity index (χ4v) is 2.07. The minimum absolute atomic E-state index is 0.0242. The molecule has 0 heterocycles. The molecular weight excluding hydrogens is 312 g/mol. The van der Waals surface area contributed by atoms with Crippen molar-refractivity contribution in [3.63, 3.8) is 0 Å². The second-order valence-electron chi connectivity index (χ2n) is 5.00. The van der Waals surface area contributed by atoms with E-state index < -0.39 is 17.8 Å². The van der Waals surface area contributed by atoms with Crippen molar-refractivity contribution in [1.29, 1.82) is 0 Å². The van der Waals surface area contributed by atoms with E-state index >= 15 is 0 Å². The number of aromatic carboxylic acids is 1. The Morgan fingerprint density at radius 2 is 1.88 bits per heavy atom. The molecule has 0 radical (unpaired) electrons. The fourth-order valence-electron chi connectivity index (χ4n) is 2.07. The first kappa shape index (κ1) is 17.1. The number of hydrazine groups is 1. The van der Waals surface area contributed by atoms with Crippen LogP contribution in [0.15, 0.2) is 52.7 Å². The quantitative estimate of drug-likeness (QED) is 0.289. The number of phenolic OH excluding ortho intramolecular Hbond substituents is 1. The molecule has 0 saturated heterocycles. The zero-order chi connectivity index (χ0) is 17.7. The van der Waals surface area contributed by atoms with E-state index in [0.717, 1.165) is 0 Å². The Kier molecular flexibility index (Phi) is 5.23. The number of carboxylic acids is 1. The van der Waals surface area contributed by atoms with E-state index in [4.69, 9.17) is 10.9 Å². The van der Waals surface area contributed by atoms with Gasteiger partial charge in [0.15, 0.2) is 0 Å². The summed E-state index contributed by atoms with van der Waals surface area (Å²) in [7, 11) is 0. The number of hydrogen-bond acceptors (Lipinski definition) is 6. The van der Waals surface area contributed by atoms with E-state index in [2.05, 4.69) is 10.2 Å². The van der Waals surface area contributed by atoms with Gasteiger partial charge in [-0.05, 0) is 37.3 Å². The zero-order valence-electron chi connectivity index (χ0n) is 12.8. The Labute approximate surface area is 137 Å². The third-order valence-corrected chi connectivity index (χ3v) is 3.42. The molecule has 24 heavy (non-hydrogen) atoms. The van der Waals surface area contributed by atoms with Gasteiger partial charge < -0.3 is 10.2 Å². The second-order valence-corrected chi connectivity index (χ2v) is 5.00. The van der Waals surface area contributed by atoms with Crippen LogP contribution in [0.2, 0.25) is 0 Å². The topological polar surface area (TPSA) is 137 Å². The number of phenols is 1. The highest BCUT2D eigenvalue weighted by molar-refractivity contribution is 5.93. The SMILES string of the molecule is CC(C(=O)NN)c1cc(N=Nc2ccccc2C(=O)O)ccc1O. The molecule has 1 atom stereocenters. The first-order valence-corrected chi connectivity index (χ1v) is 7.01. The number of aromatic hydroxyl groups is 1. The Morgan fingerprint density at radius 3 is 2.54 bits per heavy atom. The monoisotopic (exact) mass is 328 g/mol. The summed E-state index contributed by atoms with van der Waals surface area (Å²) in [4.78, 5) is 22.7. The number of azo groups is 1. The van der Waals surface area contributed by atoms with E-state index in [1.54, 1.807) is 19.1 Å². The van der Waals surface area contributed by atoms with Gasteiger partial charge >= 0.3 is 5.97 Å². The van der Waals surface area contributed by atoms with E-state index in [9.17, 15) is 14.7 Å². The molecule has 0 fully saturated rings. The Hall–Kier alpha value is -3.26. The lowest BCUT2D eigenvalue weighted by Crippen LogP contribution is -2.33. The van der Waals surface area contributed by atoms with Gasteiger partial charge in [-0.25, -0.2) is 10.6 Å². The Morgan fingerprint density at radius 1 is 1.17 bits per heavy atom.